The molecule has 0 aliphatic heterocycles. The summed E-state index contributed by atoms with van der Waals surface area (Å²) in [5, 5.41) is 3.40. The zero-order chi connectivity index (χ0) is 15.7. The zero-order valence-electron chi connectivity index (χ0n) is 12.1. The predicted molar refractivity (Wildman–Crippen MR) is 79.0 cm³/mol. The van der Waals surface area contributed by atoms with Crippen molar-refractivity contribution in [2.24, 2.45) is 11.3 Å². The lowest BCUT2D eigenvalue weighted by molar-refractivity contribution is -0.274. The Labute approximate surface area is 131 Å². The van der Waals surface area contributed by atoms with Crippen LogP contribution in [0.25, 0.3) is 0 Å². The molecule has 0 unspecified atom stereocenters. The molecule has 0 spiro atoms. The SMILES string of the molecule is CC(C)C1(CNCc2ccc(OC(F)(F)F)c(Br)c2)CC1. The predicted octanol–water partition coefficient (Wildman–Crippen LogP) is 4.87. The van der Waals surface area contributed by atoms with Crippen LogP contribution in [-0.4, -0.2) is 12.9 Å². The molecule has 21 heavy (non-hydrogen) atoms. The van der Waals surface area contributed by atoms with Crippen molar-refractivity contribution in [3.63, 3.8) is 0 Å². The standard InChI is InChI=1S/C15H19BrF3NO/c1-10(2)14(5-6-14)9-20-8-11-3-4-13(12(16)7-11)21-15(17,18)19/h3-4,7,10,20H,5-6,8-9H2,1-2H3. The minimum Gasteiger partial charge on any atom is -0.405 e. The van der Waals surface area contributed by atoms with Crippen LogP contribution in [-0.2, 0) is 6.54 Å². The highest BCUT2D eigenvalue weighted by Gasteiger charge is 2.44. The Morgan fingerprint density at radius 3 is 2.48 bits per heavy atom. The van der Waals surface area contributed by atoms with Gasteiger partial charge in [0.1, 0.15) is 5.75 Å². The van der Waals surface area contributed by atoms with Crippen molar-refractivity contribution in [3.05, 3.63) is 28.2 Å². The van der Waals surface area contributed by atoms with Crippen molar-refractivity contribution in [3.8, 4) is 5.75 Å². The zero-order valence-corrected chi connectivity index (χ0v) is 13.6. The molecule has 1 saturated carbocycles. The van der Waals surface area contributed by atoms with Crippen molar-refractivity contribution in [2.45, 2.75) is 39.6 Å². The molecule has 1 aliphatic carbocycles. The van der Waals surface area contributed by atoms with Gasteiger partial charge in [-0.05, 0) is 57.8 Å². The maximum Gasteiger partial charge on any atom is 0.573 e. The number of ether oxygens (including phenoxy) is 1. The molecular formula is C15H19BrF3NO. The van der Waals surface area contributed by atoms with Gasteiger partial charge < -0.3 is 10.1 Å². The number of benzene rings is 1. The van der Waals surface area contributed by atoms with Crippen LogP contribution in [0.3, 0.4) is 0 Å². The van der Waals surface area contributed by atoms with Crippen molar-refractivity contribution in [2.75, 3.05) is 6.54 Å². The van der Waals surface area contributed by atoms with E-state index < -0.39 is 6.36 Å². The number of hydrogen-bond donors (Lipinski definition) is 1. The fourth-order valence-corrected chi connectivity index (χ4v) is 2.94. The largest absolute Gasteiger partial charge is 0.573 e. The molecule has 1 fully saturated rings. The first kappa shape index (κ1) is 16.6. The molecule has 1 N–H and O–H groups in total. The molecule has 0 saturated heterocycles. The smallest absolute Gasteiger partial charge is 0.405 e. The molecule has 0 heterocycles. The normalized spacial score (nSPS) is 17.1. The molecule has 0 bridgehead atoms. The van der Waals surface area contributed by atoms with E-state index in [-0.39, 0.29) is 5.75 Å². The number of nitrogens with one attached hydrogen (secondary N) is 1. The fraction of sp³-hybridized carbons (Fsp3) is 0.600. The molecule has 1 aromatic rings. The van der Waals surface area contributed by atoms with Crippen molar-refractivity contribution in [1.29, 1.82) is 0 Å². The second kappa shape index (κ2) is 6.16. The van der Waals surface area contributed by atoms with Gasteiger partial charge in [0.25, 0.3) is 0 Å². The first-order chi connectivity index (χ1) is 9.72. The third-order valence-corrected chi connectivity index (χ3v) is 4.76. The maximum absolute atomic E-state index is 12.2. The summed E-state index contributed by atoms with van der Waals surface area (Å²) in [5.41, 5.74) is 1.34. The summed E-state index contributed by atoms with van der Waals surface area (Å²) in [4.78, 5) is 0. The van der Waals surface area contributed by atoms with Crippen LogP contribution in [0, 0.1) is 11.3 Å². The molecule has 1 aliphatic rings. The van der Waals surface area contributed by atoms with Crippen molar-refractivity contribution < 1.29 is 17.9 Å². The van der Waals surface area contributed by atoms with E-state index in [1.165, 1.54) is 18.9 Å². The lowest BCUT2D eigenvalue weighted by atomic mass is 9.92. The van der Waals surface area contributed by atoms with Gasteiger partial charge >= 0.3 is 6.36 Å². The van der Waals surface area contributed by atoms with Crippen LogP contribution in [0.4, 0.5) is 13.2 Å². The molecule has 2 nitrogen and oxygen atoms in total. The fourth-order valence-electron chi connectivity index (χ4n) is 2.44. The molecule has 2 rings (SSSR count). The van der Waals surface area contributed by atoms with Crippen LogP contribution in [0.2, 0.25) is 0 Å². The van der Waals surface area contributed by atoms with E-state index >= 15 is 0 Å². The van der Waals surface area contributed by atoms with Crippen molar-refractivity contribution >= 4 is 15.9 Å². The van der Waals surface area contributed by atoms with E-state index in [4.69, 9.17) is 0 Å². The Balaban J connectivity index is 1.89. The van der Waals surface area contributed by atoms with Gasteiger partial charge in [0, 0.05) is 13.1 Å². The van der Waals surface area contributed by atoms with Crippen LogP contribution in [0.1, 0.15) is 32.3 Å². The second-order valence-corrected chi connectivity index (χ2v) is 6.79. The van der Waals surface area contributed by atoms with Crippen LogP contribution >= 0.6 is 15.9 Å². The van der Waals surface area contributed by atoms with Gasteiger partial charge in [0.2, 0.25) is 0 Å². The van der Waals surface area contributed by atoms with Gasteiger partial charge in [-0.1, -0.05) is 19.9 Å². The minimum absolute atomic E-state index is 0.216. The van der Waals surface area contributed by atoms with E-state index in [1.54, 1.807) is 12.1 Å². The third-order valence-electron chi connectivity index (χ3n) is 4.15. The molecule has 0 aromatic heterocycles. The summed E-state index contributed by atoms with van der Waals surface area (Å²) >= 11 is 3.11. The van der Waals surface area contributed by atoms with Crippen molar-refractivity contribution in [1.82, 2.24) is 5.32 Å². The quantitative estimate of drug-likeness (QED) is 0.775. The number of rotatable bonds is 6. The minimum atomic E-state index is -4.67. The van der Waals surface area contributed by atoms with E-state index in [9.17, 15) is 13.2 Å². The highest BCUT2D eigenvalue weighted by Crippen LogP contribution is 2.51. The van der Waals surface area contributed by atoms with Gasteiger partial charge in [-0.25, -0.2) is 0 Å². The van der Waals surface area contributed by atoms with E-state index in [0.29, 0.717) is 22.4 Å². The summed E-state index contributed by atoms with van der Waals surface area (Å²) in [7, 11) is 0. The molecule has 6 heteroatoms. The Morgan fingerprint density at radius 1 is 1.33 bits per heavy atom. The summed E-state index contributed by atoms with van der Waals surface area (Å²) in [5.74, 6) is 0.436. The maximum atomic E-state index is 12.2. The molecule has 118 valence electrons. The van der Waals surface area contributed by atoms with Gasteiger partial charge in [-0.2, -0.15) is 0 Å². The summed E-state index contributed by atoms with van der Waals surface area (Å²) in [6.45, 7) is 6.05. The number of halogens is 4. The summed E-state index contributed by atoms with van der Waals surface area (Å²) in [6, 6.07) is 4.64. The van der Waals surface area contributed by atoms with Crippen LogP contribution in [0.5, 0.6) is 5.75 Å². The average Bonchev–Trinajstić information content (AvgIpc) is 3.12. The summed E-state index contributed by atoms with van der Waals surface area (Å²) in [6.07, 6.45) is -2.17. The molecule has 0 atom stereocenters. The van der Waals surface area contributed by atoms with E-state index in [0.717, 1.165) is 12.1 Å². The Kier molecular flexibility index (Phi) is 4.88. The molecule has 0 amide bonds. The lowest BCUT2D eigenvalue weighted by Gasteiger charge is -2.20. The lowest BCUT2D eigenvalue weighted by Crippen LogP contribution is -2.27. The summed E-state index contributed by atoms with van der Waals surface area (Å²) < 4.78 is 40.8. The monoisotopic (exact) mass is 365 g/mol. The van der Waals surface area contributed by atoms with Gasteiger partial charge in [0.05, 0.1) is 4.47 Å². The second-order valence-electron chi connectivity index (χ2n) is 5.93. The number of alkyl halides is 3. The van der Waals surface area contributed by atoms with Crippen LogP contribution in [0.15, 0.2) is 22.7 Å². The van der Waals surface area contributed by atoms with Gasteiger partial charge in [-0.15, -0.1) is 13.2 Å². The first-order valence-electron chi connectivity index (χ1n) is 6.97. The molecular weight excluding hydrogens is 347 g/mol. The van der Waals surface area contributed by atoms with E-state index in [1.807, 2.05) is 0 Å². The average molecular weight is 366 g/mol. The highest BCUT2D eigenvalue weighted by atomic mass is 79.9. The highest BCUT2D eigenvalue weighted by molar-refractivity contribution is 9.10. The topological polar surface area (TPSA) is 21.3 Å². The van der Waals surface area contributed by atoms with Gasteiger partial charge in [-0.3, -0.25) is 0 Å². The molecule has 0 radical (unpaired) electrons. The van der Waals surface area contributed by atoms with E-state index in [2.05, 4.69) is 39.8 Å². The van der Waals surface area contributed by atoms with Crippen LogP contribution < -0.4 is 10.1 Å². The Bertz CT molecular complexity index is 498. The Hall–Kier alpha value is -0.750. The van der Waals surface area contributed by atoms with Gasteiger partial charge in [0.15, 0.2) is 0 Å². The third kappa shape index (κ3) is 4.61. The number of hydrogen-bond acceptors (Lipinski definition) is 2. The molecule has 1 aromatic carbocycles. The Morgan fingerprint density at radius 2 is 2.00 bits per heavy atom. The first-order valence-corrected chi connectivity index (χ1v) is 7.76.